The van der Waals surface area contributed by atoms with Crippen molar-refractivity contribution >= 4 is 43.8 Å². The Kier molecular flexibility index (Phi) is 6.60. The molecule has 9 heteroatoms. The molecule has 2 aromatic carbocycles. The fourth-order valence-corrected chi connectivity index (χ4v) is 7.46. The average Bonchev–Trinajstić information content (AvgIpc) is 3.46. The summed E-state index contributed by atoms with van der Waals surface area (Å²) in [5.41, 5.74) is 3.65. The maximum absolute atomic E-state index is 13.8. The summed E-state index contributed by atoms with van der Waals surface area (Å²) in [6, 6.07) is 12.5. The van der Waals surface area contributed by atoms with E-state index in [-0.39, 0.29) is 23.6 Å². The predicted octanol–water partition coefficient (Wildman–Crippen LogP) is 5.11. The van der Waals surface area contributed by atoms with Crippen LogP contribution in [0.25, 0.3) is 11.3 Å². The minimum Gasteiger partial charge on any atom is -0.326 e. The molecule has 0 bridgehead atoms. The molecule has 0 aliphatic heterocycles. The molecule has 1 fully saturated rings. The van der Waals surface area contributed by atoms with Crippen molar-refractivity contribution < 1.29 is 18.0 Å². The highest BCUT2D eigenvalue weighted by Gasteiger charge is 2.53. The Balaban J connectivity index is 1.59. The fraction of sp³-hybridized carbons (Fsp3) is 0.320. The molecule has 1 saturated carbocycles. The third kappa shape index (κ3) is 4.50. The van der Waals surface area contributed by atoms with Crippen molar-refractivity contribution in [3.63, 3.8) is 0 Å². The number of aryl methyl sites for hydroxylation is 2. The highest BCUT2D eigenvalue weighted by molar-refractivity contribution is 7.93. The summed E-state index contributed by atoms with van der Waals surface area (Å²) in [4.78, 5) is 29.4. The van der Waals surface area contributed by atoms with Crippen LogP contribution >= 0.6 is 11.3 Å². The van der Waals surface area contributed by atoms with Crippen LogP contribution in [0.2, 0.25) is 0 Å². The zero-order valence-electron chi connectivity index (χ0n) is 19.3. The molecule has 7 nitrogen and oxygen atoms in total. The number of amides is 2. The molecule has 2 N–H and O–H groups in total. The highest BCUT2D eigenvalue weighted by atomic mass is 32.2. The number of sulfone groups is 1. The van der Waals surface area contributed by atoms with Gasteiger partial charge in [0.25, 0.3) is 0 Å². The van der Waals surface area contributed by atoms with E-state index >= 15 is 0 Å². The van der Waals surface area contributed by atoms with Gasteiger partial charge >= 0.3 is 0 Å². The normalized spacial score (nSPS) is 15.1. The van der Waals surface area contributed by atoms with Gasteiger partial charge in [0.05, 0.1) is 10.6 Å². The molecule has 4 rings (SSSR count). The van der Waals surface area contributed by atoms with Crippen molar-refractivity contribution in [2.45, 2.75) is 56.1 Å². The number of anilines is 2. The Morgan fingerprint density at radius 2 is 1.68 bits per heavy atom. The Morgan fingerprint density at radius 3 is 2.32 bits per heavy atom. The number of nitrogens with one attached hydrogen (secondary N) is 2. The van der Waals surface area contributed by atoms with E-state index in [2.05, 4.69) is 15.6 Å². The van der Waals surface area contributed by atoms with E-state index in [0.29, 0.717) is 34.9 Å². The minimum atomic E-state index is -3.90. The fourth-order valence-electron chi connectivity index (χ4n) is 4.37. The Bertz CT molecular complexity index is 1340. The van der Waals surface area contributed by atoms with Crippen molar-refractivity contribution in [1.29, 1.82) is 0 Å². The second kappa shape index (κ2) is 9.31. The standard InChI is InChI=1S/C25H27N3O4S2/c1-16-6-7-17(2)22(14-16)34(31,32)25(12-4-5-13-25)23(30)28-24-27-21(15-33-24)19-8-10-20(11-9-19)26-18(3)29/h6-11,14-15H,4-5,12-13H2,1-3H3,(H,26,29)(H,27,28,30). The number of rotatable bonds is 6. The largest absolute Gasteiger partial charge is 0.326 e. The molecule has 178 valence electrons. The van der Waals surface area contributed by atoms with E-state index in [1.807, 2.05) is 30.5 Å². The van der Waals surface area contributed by atoms with Crippen molar-refractivity contribution in [2.75, 3.05) is 10.6 Å². The van der Waals surface area contributed by atoms with E-state index in [1.165, 1.54) is 18.3 Å². The lowest BCUT2D eigenvalue weighted by Gasteiger charge is -2.28. The number of carbonyl (C=O) groups is 2. The van der Waals surface area contributed by atoms with Crippen molar-refractivity contribution in [3.05, 3.63) is 59.0 Å². The average molecular weight is 498 g/mol. The van der Waals surface area contributed by atoms with Gasteiger partial charge in [-0.05, 0) is 56.0 Å². The molecule has 1 aromatic heterocycles. The van der Waals surface area contributed by atoms with Gasteiger partial charge in [-0.2, -0.15) is 0 Å². The number of hydrogen-bond donors (Lipinski definition) is 2. The smallest absolute Gasteiger partial charge is 0.248 e. The van der Waals surface area contributed by atoms with Gasteiger partial charge in [0, 0.05) is 23.6 Å². The van der Waals surface area contributed by atoms with Gasteiger partial charge in [-0.15, -0.1) is 11.3 Å². The molecule has 1 heterocycles. The summed E-state index contributed by atoms with van der Waals surface area (Å²) in [7, 11) is -3.90. The van der Waals surface area contributed by atoms with Crippen LogP contribution in [-0.4, -0.2) is 30.0 Å². The topological polar surface area (TPSA) is 105 Å². The van der Waals surface area contributed by atoms with E-state index < -0.39 is 20.5 Å². The van der Waals surface area contributed by atoms with Crippen LogP contribution in [0, 0.1) is 13.8 Å². The van der Waals surface area contributed by atoms with Crippen LogP contribution in [0.4, 0.5) is 10.8 Å². The first-order valence-corrected chi connectivity index (χ1v) is 13.5. The van der Waals surface area contributed by atoms with Gasteiger partial charge in [0.1, 0.15) is 0 Å². The maximum Gasteiger partial charge on any atom is 0.248 e. The third-order valence-corrected chi connectivity index (χ3v) is 9.60. The molecule has 0 radical (unpaired) electrons. The third-order valence-electron chi connectivity index (χ3n) is 6.20. The van der Waals surface area contributed by atoms with Gasteiger partial charge < -0.3 is 10.6 Å². The second-order valence-electron chi connectivity index (χ2n) is 8.72. The van der Waals surface area contributed by atoms with E-state index in [0.717, 1.165) is 11.1 Å². The molecule has 0 unspecified atom stereocenters. The molecule has 1 aliphatic carbocycles. The minimum absolute atomic E-state index is 0.150. The molecular formula is C25H27N3O4S2. The summed E-state index contributed by atoms with van der Waals surface area (Å²) in [5.74, 6) is -0.670. The summed E-state index contributed by atoms with van der Waals surface area (Å²) in [6.07, 6.45) is 1.94. The molecule has 34 heavy (non-hydrogen) atoms. The van der Waals surface area contributed by atoms with Crippen LogP contribution in [0.3, 0.4) is 0 Å². The first-order valence-electron chi connectivity index (χ1n) is 11.1. The number of nitrogens with zero attached hydrogens (tertiary/aromatic N) is 1. The SMILES string of the molecule is CC(=O)Nc1ccc(-c2csc(NC(=O)C3(S(=O)(=O)c4cc(C)ccc4C)CCCC3)n2)cc1. The van der Waals surface area contributed by atoms with Crippen LogP contribution in [0.15, 0.2) is 52.7 Å². The number of benzene rings is 2. The van der Waals surface area contributed by atoms with Gasteiger partial charge in [-0.1, -0.05) is 37.1 Å². The highest BCUT2D eigenvalue weighted by Crippen LogP contribution is 2.42. The summed E-state index contributed by atoms with van der Waals surface area (Å²) < 4.78 is 26.1. The number of aromatic nitrogens is 1. The molecular weight excluding hydrogens is 470 g/mol. The van der Waals surface area contributed by atoms with Gasteiger partial charge in [0.2, 0.25) is 11.8 Å². The number of hydrogen-bond acceptors (Lipinski definition) is 6. The van der Waals surface area contributed by atoms with E-state index in [4.69, 9.17) is 0 Å². The zero-order chi connectivity index (χ0) is 24.5. The van der Waals surface area contributed by atoms with Crippen LogP contribution < -0.4 is 10.6 Å². The first kappa shape index (κ1) is 24.1. The van der Waals surface area contributed by atoms with Crippen molar-refractivity contribution in [2.24, 2.45) is 0 Å². The summed E-state index contributed by atoms with van der Waals surface area (Å²) in [6.45, 7) is 5.05. The Morgan fingerprint density at radius 1 is 1.00 bits per heavy atom. The Labute approximate surface area is 203 Å². The number of thiazole rings is 1. The van der Waals surface area contributed by atoms with Crippen molar-refractivity contribution in [3.8, 4) is 11.3 Å². The maximum atomic E-state index is 13.8. The van der Waals surface area contributed by atoms with Gasteiger partial charge in [0.15, 0.2) is 19.7 Å². The van der Waals surface area contributed by atoms with E-state index in [1.54, 1.807) is 31.2 Å². The first-order chi connectivity index (χ1) is 16.1. The summed E-state index contributed by atoms with van der Waals surface area (Å²) in [5, 5.41) is 7.67. The van der Waals surface area contributed by atoms with Crippen LogP contribution in [-0.2, 0) is 19.4 Å². The molecule has 0 spiro atoms. The predicted molar refractivity (Wildman–Crippen MR) is 135 cm³/mol. The van der Waals surface area contributed by atoms with Gasteiger partial charge in [-0.3, -0.25) is 9.59 Å². The molecule has 0 saturated heterocycles. The number of carbonyl (C=O) groups excluding carboxylic acids is 2. The van der Waals surface area contributed by atoms with Crippen LogP contribution in [0.1, 0.15) is 43.7 Å². The second-order valence-corrected chi connectivity index (χ2v) is 11.8. The monoisotopic (exact) mass is 497 g/mol. The lowest BCUT2D eigenvalue weighted by Crippen LogP contribution is -2.47. The van der Waals surface area contributed by atoms with Gasteiger partial charge in [-0.25, -0.2) is 13.4 Å². The van der Waals surface area contributed by atoms with E-state index in [9.17, 15) is 18.0 Å². The molecule has 1 aliphatic rings. The zero-order valence-corrected chi connectivity index (χ0v) is 21.0. The lowest BCUT2D eigenvalue weighted by atomic mass is 10.1. The lowest BCUT2D eigenvalue weighted by molar-refractivity contribution is -0.118. The molecule has 3 aromatic rings. The molecule has 0 atom stereocenters. The van der Waals surface area contributed by atoms with Crippen molar-refractivity contribution in [1.82, 2.24) is 4.98 Å². The molecule has 2 amide bonds. The van der Waals surface area contributed by atoms with Crippen LogP contribution in [0.5, 0.6) is 0 Å². The quantitative estimate of drug-likeness (QED) is 0.492. The Hall–Kier alpha value is -3.04. The summed E-state index contributed by atoms with van der Waals surface area (Å²) >= 11 is 1.25.